The summed E-state index contributed by atoms with van der Waals surface area (Å²) in [7, 11) is 0. The molecule has 0 saturated heterocycles. The molecule has 1 aliphatic rings. The Balaban J connectivity index is 1.44. The molecule has 7 nitrogen and oxygen atoms in total. The number of carbonyl (C=O) groups is 1. The van der Waals surface area contributed by atoms with Crippen LogP contribution < -0.4 is 21.5 Å². The van der Waals surface area contributed by atoms with Gasteiger partial charge in [0.15, 0.2) is 16.8 Å². The average molecular weight is 509 g/mol. The summed E-state index contributed by atoms with van der Waals surface area (Å²) < 4.78 is 42.2. The standard InChI is InChI=1S/C22H20ClF3N6OS/c23-15-8-6-14(7-9-15)16-10-18(22(24,25)26)32-19(28-16)11-17(31-32)20(33)29-30-21(34)27-12-13-4-2-1-3-5-13/h1-9,11,16,18,28H,10,12H2,(H,29,33)(H2,27,30,34)/t16-,18-/m0/s1. The fourth-order valence-corrected chi connectivity index (χ4v) is 3.85. The number of hydrogen-bond acceptors (Lipinski definition) is 4. The van der Waals surface area contributed by atoms with Gasteiger partial charge in [-0.3, -0.25) is 15.6 Å². The minimum absolute atomic E-state index is 0.0865. The van der Waals surface area contributed by atoms with E-state index in [0.717, 1.165) is 10.2 Å². The molecule has 0 saturated carbocycles. The molecule has 0 aliphatic carbocycles. The van der Waals surface area contributed by atoms with Crippen molar-refractivity contribution in [3.05, 3.63) is 82.5 Å². The number of alkyl halides is 3. The molecule has 2 atom stereocenters. The molecule has 0 unspecified atom stereocenters. The number of fused-ring (bicyclic) bond motifs is 1. The molecule has 0 spiro atoms. The maximum atomic E-state index is 13.8. The number of carbonyl (C=O) groups excluding carboxylic acids is 1. The van der Waals surface area contributed by atoms with Crippen LogP contribution in [0.2, 0.25) is 5.02 Å². The summed E-state index contributed by atoms with van der Waals surface area (Å²) in [5, 5.41) is 10.5. The quantitative estimate of drug-likeness (QED) is 0.307. The van der Waals surface area contributed by atoms with Crippen LogP contribution >= 0.6 is 23.8 Å². The van der Waals surface area contributed by atoms with Crippen molar-refractivity contribution in [2.45, 2.75) is 31.2 Å². The number of thiocarbonyl (C=S) groups is 1. The highest BCUT2D eigenvalue weighted by Gasteiger charge is 2.46. The zero-order valence-corrected chi connectivity index (χ0v) is 19.1. The minimum atomic E-state index is -4.55. The SMILES string of the molecule is O=C(NNC(=S)NCc1ccccc1)c1cc2n(n1)[C@H](C(F)(F)F)C[C@@H](c1ccc(Cl)cc1)N2. The van der Waals surface area contributed by atoms with Crippen LogP contribution in [-0.2, 0) is 6.54 Å². The number of halogens is 4. The van der Waals surface area contributed by atoms with Crippen molar-refractivity contribution in [2.24, 2.45) is 0 Å². The number of amides is 1. The van der Waals surface area contributed by atoms with Crippen LogP contribution in [0.15, 0.2) is 60.7 Å². The van der Waals surface area contributed by atoms with Crippen molar-refractivity contribution < 1.29 is 18.0 Å². The highest BCUT2D eigenvalue weighted by molar-refractivity contribution is 7.80. The molecule has 0 fully saturated rings. The first-order valence-corrected chi connectivity index (χ1v) is 11.1. The number of aromatic nitrogens is 2. The van der Waals surface area contributed by atoms with Gasteiger partial charge in [-0.05, 0) is 35.5 Å². The number of hydrazine groups is 1. The van der Waals surface area contributed by atoms with Gasteiger partial charge in [-0.1, -0.05) is 54.1 Å². The molecule has 178 valence electrons. The number of nitrogens with one attached hydrogen (secondary N) is 4. The van der Waals surface area contributed by atoms with E-state index in [9.17, 15) is 18.0 Å². The lowest BCUT2D eigenvalue weighted by Gasteiger charge is -2.33. The zero-order valence-electron chi connectivity index (χ0n) is 17.6. The summed E-state index contributed by atoms with van der Waals surface area (Å²) >= 11 is 11.0. The van der Waals surface area contributed by atoms with Crippen molar-refractivity contribution in [1.29, 1.82) is 0 Å². The summed E-state index contributed by atoms with van der Waals surface area (Å²) in [5.74, 6) is -0.639. The first-order valence-electron chi connectivity index (χ1n) is 10.3. The first kappa shape index (κ1) is 23.8. The van der Waals surface area contributed by atoms with Gasteiger partial charge in [0.05, 0.1) is 6.04 Å². The average Bonchev–Trinajstić information content (AvgIpc) is 3.25. The second kappa shape index (κ2) is 9.90. The van der Waals surface area contributed by atoms with E-state index < -0.39 is 24.2 Å². The van der Waals surface area contributed by atoms with E-state index in [2.05, 4.69) is 26.6 Å². The van der Waals surface area contributed by atoms with Gasteiger partial charge >= 0.3 is 6.18 Å². The van der Waals surface area contributed by atoms with Gasteiger partial charge in [0.25, 0.3) is 5.91 Å². The third kappa shape index (κ3) is 5.60. The summed E-state index contributed by atoms with van der Waals surface area (Å²) in [6.07, 6.45) is -4.84. The molecule has 2 aromatic carbocycles. The highest BCUT2D eigenvalue weighted by Crippen LogP contribution is 2.43. The Morgan fingerprint density at radius 3 is 2.53 bits per heavy atom. The minimum Gasteiger partial charge on any atom is -0.363 e. The number of rotatable bonds is 4. The van der Waals surface area contributed by atoms with Gasteiger partial charge in [-0.15, -0.1) is 0 Å². The molecule has 1 aliphatic heterocycles. The van der Waals surface area contributed by atoms with Gasteiger partial charge in [-0.2, -0.15) is 18.3 Å². The smallest absolute Gasteiger partial charge is 0.363 e. The number of anilines is 1. The maximum Gasteiger partial charge on any atom is 0.410 e. The van der Waals surface area contributed by atoms with E-state index in [1.54, 1.807) is 24.3 Å². The van der Waals surface area contributed by atoms with Crippen LogP contribution in [0.25, 0.3) is 0 Å². The van der Waals surface area contributed by atoms with Gasteiger partial charge in [0.2, 0.25) is 0 Å². The Morgan fingerprint density at radius 2 is 1.85 bits per heavy atom. The molecule has 0 radical (unpaired) electrons. The van der Waals surface area contributed by atoms with E-state index in [1.165, 1.54) is 6.07 Å². The molecule has 2 heterocycles. The lowest BCUT2D eigenvalue weighted by molar-refractivity contribution is -0.173. The largest absolute Gasteiger partial charge is 0.410 e. The molecule has 12 heteroatoms. The van der Waals surface area contributed by atoms with Gasteiger partial charge in [-0.25, -0.2) is 4.68 Å². The summed E-state index contributed by atoms with van der Waals surface area (Å²) in [4.78, 5) is 12.5. The molecule has 3 aromatic rings. The Kier molecular flexibility index (Phi) is 6.94. The molecular weight excluding hydrogens is 489 g/mol. The molecular formula is C22H20ClF3N6OS. The van der Waals surface area contributed by atoms with Crippen molar-refractivity contribution in [2.75, 3.05) is 5.32 Å². The van der Waals surface area contributed by atoms with E-state index in [1.807, 2.05) is 30.3 Å². The molecule has 34 heavy (non-hydrogen) atoms. The Morgan fingerprint density at radius 1 is 1.15 bits per heavy atom. The van der Waals surface area contributed by atoms with Crippen LogP contribution in [0, 0.1) is 0 Å². The highest BCUT2D eigenvalue weighted by atomic mass is 35.5. The third-order valence-electron chi connectivity index (χ3n) is 5.28. The van der Waals surface area contributed by atoms with Crippen LogP contribution in [0.1, 0.15) is 40.1 Å². The van der Waals surface area contributed by atoms with E-state index in [-0.39, 0.29) is 23.0 Å². The fraction of sp³-hybridized carbons (Fsp3) is 0.227. The third-order valence-corrected chi connectivity index (χ3v) is 5.78. The lowest BCUT2D eigenvalue weighted by Crippen LogP contribution is -2.46. The number of hydrogen-bond donors (Lipinski definition) is 4. The summed E-state index contributed by atoms with van der Waals surface area (Å²) in [5.41, 5.74) is 6.33. The molecule has 0 bridgehead atoms. The second-order valence-electron chi connectivity index (χ2n) is 7.65. The predicted octanol–water partition coefficient (Wildman–Crippen LogP) is 4.51. The van der Waals surface area contributed by atoms with E-state index >= 15 is 0 Å². The fourth-order valence-electron chi connectivity index (χ4n) is 3.60. The monoisotopic (exact) mass is 508 g/mol. The predicted molar refractivity (Wildman–Crippen MR) is 126 cm³/mol. The van der Waals surface area contributed by atoms with Crippen LogP contribution in [-0.4, -0.2) is 27.0 Å². The molecule has 1 aromatic heterocycles. The van der Waals surface area contributed by atoms with E-state index in [4.69, 9.17) is 23.8 Å². The topological polar surface area (TPSA) is 83.0 Å². The second-order valence-corrected chi connectivity index (χ2v) is 8.49. The van der Waals surface area contributed by atoms with Crippen molar-refractivity contribution in [3.63, 3.8) is 0 Å². The number of benzene rings is 2. The number of nitrogens with zero attached hydrogens (tertiary/aromatic N) is 2. The zero-order chi connectivity index (χ0) is 24.3. The summed E-state index contributed by atoms with van der Waals surface area (Å²) in [6.45, 7) is 0.435. The maximum absolute atomic E-state index is 13.8. The van der Waals surface area contributed by atoms with Gasteiger partial charge < -0.3 is 10.6 Å². The van der Waals surface area contributed by atoms with Gasteiger partial charge in [0.1, 0.15) is 5.82 Å². The molecule has 4 N–H and O–H groups in total. The van der Waals surface area contributed by atoms with Crippen LogP contribution in [0.3, 0.4) is 0 Å². The van der Waals surface area contributed by atoms with Crippen molar-refractivity contribution in [3.8, 4) is 0 Å². The lowest BCUT2D eigenvalue weighted by atomic mass is 9.97. The first-order chi connectivity index (χ1) is 16.2. The summed E-state index contributed by atoms with van der Waals surface area (Å²) in [6, 6.07) is 14.8. The van der Waals surface area contributed by atoms with Gasteiger partial charge in [0, 0.05) is 24.1 Å². The normalized spacial score (nSPS) is 17.3. The molecule has 1 amide bonds. The van der Waals surface area contributed by atoms with Crippen molar-refractivity contribution >= 4 is 40.7 Å². The molecule has 4 rings (SSSR count). The Hall–Kier alpha value is -3.31. The Labute approximate surface area is 203 Å². The van der Waals surface area contributed by atoms with E-state index in [0.29, 0.717) is 17.1 Å². The van der Waals surface area contributed by atoms with Crippen LogP contribution in [0.5, 0.6) is 0 Å². The Bertz CT molecular complexity index is 1170. The van der Waals surface area contributed by atoms with Crippen LogP contribution in [0.4, 0.5) is 19.0 Å². The van der Waals surface area contributed by atoms with Crippen molar-refractivity contribution in [1.82, 2.24) is 25.9 Å².